The first-order valence-electron chi connectivity index (χ1n) is 5.79. The molecule has 96 valence electrons. The molecule has 1 aromatic heterocycles. The van der Waals surface area contributed by atoms with Gasteiger partial charge in [0.05, 0.1) is 0 Å². The molecule has 3 aromatic rings. The van der Waals surface area contributed by atoms with Gasteiger partial charge in [-0.1, -0.05) is 0 Å². The molecule has 0 bridgehead atoms. The van der Waals surface area contributed by atoms with E-state index in [1.54, 1.807) is 42.3 Å². The Morgan fingerprint density at radius 2 is 1.89 bits per heavy atom. The largest absolute Gasteiger partial charge is 0.423 e. The van der Waals surface area contributed by atoms with E-state index in [0.717, 1.165) is 11.2 Å². The maximum Gasteiger partial charge on any atom is 0.302 e. The van der Waals surface area contributed by atoms with E-state index in [0.29, 0.717) is 17.3 Å². The minimum absolute atomic E-state index is 0.275. The lowest BCUT2D eigenvalue weighted by molar-refractivity contribution is 0.602. The number of halogens is 1. The molecule has 0 amide bonds. The normalized spacial score (nSPS) is 10.8. The van der Waals surface area contributed by atoms with Crippen LogP contribution in [0.3, 0.4) is 0 Å². The SMILES string of the molecule is CN(c1ccc(F)cc1)c1nc2ccc(N)cc2o1. The van der Waals surface area contributed by atoms with Gasteiger partial charge in [-0.25, -0.2) is 4.39 Å². The van der Waals surface area contributed by atoms with E-state index in [1.807, 2.05) is 0 Å². The van der Waals surface area contributed by atoms with Gasteiger partial charge in [-0.15, -0.1) is 0 Å². The lowest BCUT2D eigenvalue weighted by Gasteiger charge is -2.13. The number of fused-ring (bicyclic) bond motifs is 1. The minimum Gasteiger partial charge on any atom is -0.423 e. The Bertz CT molecular complexity index is 721. The van der Waals surface area contributed by atoms with Gasteiger partial charge in [0, 0.05) is 24.5 Å². The molecule has 0 saturated carbocycles. The first kappa shape index (κ1) is 11.5. The van der Waals surface area contributed by atoms with Gasteiger partial charge in [-0.3, -0.25) is 4.90 Å². The summed E-state index contributed by atoms with van der Waals surface area (Å²) in [5.41, 5.74) is 8.47. The van der Waals surface area contributed by atoms with Crippen LogP contribution in [-0.4, -0.2) is 12.0 Å². The van der Waals surface area contributed by atoms with E-state index in [2.05, 4.69) is 4.98 Å². The van der Waals surface area contributed by atoms with Crippen LogP contribution < -0.4 is 10.6 Å². The Morgan fingerprint density at radius 1 is 1.16 bits per heavy atom. The van der Waals surface area contributed by atoms with Crippen LogP contribution in [0.15, 0.2) is 46.9 Å². The quantitative estimate of drug-likeness (QED) is 0.715. The van der Waals surface area contributed by atoms with Crippen molar-refractivity contribution in [3.8, 4) is 0 Å². The van der Waals surface area contributed by atoms with Gasteiger partial charge in [0.15, 0.2) is 5.58 Å². The number of nitrogen functional groups attached to an aromatic ring is 1. The number of nitrogens with zero attached hydrogens (tertiary/aromatic N) is 2. The van der Waals surface area contributed by atoms with Crippen LogP contribution in [0.1, 0.15) is 0 Å². The first-order chi connectivity index (χ1) is 9.13. The molecule has 4 nitrogen and oxygen atoms in total. The predicted molar refractivity (Wildman–Crippen MR) is 72.9 cm³/mol. The number of oxazole rings is 1. The second kappa shape index (κ2) is 4.28. The molecule has 0 spiro atoms. The predicted octanol–water partition coefficient (Wildman–Crippen LogP) is 3.32. The summed E-state index contributed by atoms with van der Waals surface area (Å²) in [5.74, 6) is -0.275. The molecule has 19 heavy (non-hydrogen) atoms. The molecule has 0 aliphatic heterocycles. The monoisotopic (exact) mass is 257 g/mol. The molecule has 0 unspecified atom stereocenters. The molecule has 5 heteroatoms. The maximum absolute atomic E-state index is 12.9. The molecular formula is C14H12FN3O. The topological polar surface area (TPSA) is 55.3 Å². The van der Waals surface area contributed by atoms with E-state index >= 15 is 0 Å². The smallest absolute Gasteiger partial charge is 0.302 e. The van der Waals surface area contributed by atoms with Crippen molar-refractivity contribution in [3.05, 3.63) is 48.3 Å². The van der Waals surface area contributed by atoms with Crippen molar-refractivity contribution in [1.82, 2.24) is 4.98 Å². The average molecular weight is 257 g/mol. The number of nitrogens with two attached hydrogens (primary N) is 1. The Morgan fingerprint density at radius 3 is 2.63 bits per heavy atom. The van der Waals surface area contributed by atoms with Crippen molar-refractivity contribution >= 4 is 28.5 Å². The summed E-state index contributed by atoms with van der Waals surface area (Å²) >= 11 is 0. The van der Waals surface area contributed by atoms with Crippen molar-refractivity contribution in [2.45, 2.75) is 0 Å². The Labute approximate surface area is 109 Å². The highest BCUT2D eigenvalue weighted by Gasteiger charge is 2.12. The first-order valence-corrected chi connectivity index (χ1v) is 5.79. The summed E-state index contributed by atoms with van der Waals surface area (Å²) in [7, 11) is 1.81. The summed E-state index contributed by atoms with van der Waals surface area (Å²) in [6.07, 6.45) is 0. The summed E-state index contributed by atoms with van der Waals surface area (Å²) in [4.78, 5) is 6.11. The highest BCUT2D eigenvalue weighted by atomic mass is 19.1. The third-order valence-corrected chi connectivity index (χ3v) is 2.90. The third kappa shape index (κ3) is 2.10. The van der Waals surface area contributed by atoms with Crippen LogP contribution in [0.5, 0.6) is 0 Å². The number of rotatable bonds is 2. The van der Waals surface area contributed by atoms with Crippen LogP contribution in [0, 0.1) is 5.82 Å². The molecule has 2 N–H and O–H groups in total. The van der Waals surface area contributed by atoms with Crippen molar-refractivity contribution in [2.75, 3.05) is 17.7 Å². The number of anilines is 3. The molecule has 0 fully saturated rings. The van der Waals surface area contributed by atoms with Crippen molar-refractivity contribution < 1.29 is 8.81 Å². The molecule has 0 radical (unpaired) electrons. The maximum atomic E-state index is 12.9. The zero-order chi connectivity index (χ0) is 13.4. The summed E-state index contributed by atoms with van der Waals surface area (Å²) < 4.78 is 18.5. The van der Waals surface area contributed by atoms with Crippen LogP contribution >= 0.6 is 0 Å². The van der Waals surface area contributed by atoms with Crippen molar-refractivity contribution in [3.63, 3.8) is 0 Å². The molecule has 0 atom stereocenters. The number of aromatic nitrogens is 1. The zero-order valence-electron chi connectivity index (χ0n) is 10.3. The third-order valence-electron chi connectivity index (χ3n) is 2.90. The molecule has 0 aliphatic rings. The molecule has 1 heterocycles. The molecule has 0 saturated heterocycles. The number of benzene rings is 2. The standard InChI is InChI=1S/C14H12FN3O/c1-18(11-5-2-9(15)3-6-11)14-17-12-7-4-10(16)8-13(12)19-14/h2-8H,16H2,1H3. The molecule has 2 aromatic carbocycles. The van der Waals surface area contributed by atoms with E-state index in [4.69, 9.17) is 10.2 Å². The van der Waals surface area contributed by atoms with Crippen molar-refractivity contribution in [2.24, 2.45) is 0 Å². The fourth-order valence-electron chi connectivity index (χ4n) is 1.85. The van der Waals surface area contributed by atoms with E-state index in [1.165, 1.54) is 12.1 Å². The van der Waals surface area contributed by atoms with Gasteiger partial charge in [0.2, 0.25) is 0 Å². The Hall–Kier alpha value is -2.56. The van der Waals surface area contributed by atoms with E-state index in [9.17, 15) is 4.39 Å². The summed E-state index contributed by atoms with van der Waals surface area (Å²) in [6.45, 7) is 0. The Kier molecular flexibility index (Phi) is 2.59. The number of hydrogen-bond donors (Lipinski definition) is 1. The lowest BCUT2D eigenvalue weighted by atomic mass is 10.3. The van der Waals surface area contributed by atoms with Gasteiger partial charge in [0.1, 0.15) is 11.3 Å². The van der Waals surface area contributed by atoms with Gasteiger partial charge in [0.25, 0.3) is 0 Å². The van der Waals surface area contributed by atoms with Gasteiger partial charge >= 0.3 is 6.01 Å². The van der Waals surface area contributed by atoms with Crippen LogP contribution in [0.25, 0.3) is 11.1 Å². The van der Waals surface area contributed by atoms with Crippen LogP contribution in [0.4, 0.5) is 21.8 Å². The van der Waals surface area contributed by atoms with E-state index in [-0.39, 0.29) is 5.82 Å². The summed E-state index contributed by atoms with van der Waals surface area (Å²) in [6, 6.07) is 11.9. The van der Waals surface area contributed by atoms with Crippen molar-refractivity contribution in [1.29, 1.82) is 0 Å². The highest BCUT2D eigenvalue weighted by molar-refractivity contribution is 5.78. The zero-order valence-corrected chi connectivity index (χ0v) is 10.3. The second-order valence-corrected chi connectivity index (χ2v) is 4.26. The van der Waals surface area contributed by atoms with Gasteiger partial charge < -0.3 is 10.2 Å². The molecule has 0 aliphatic carbocycles. The van der Waals surface area contributed by atoms with Gasteiger partial charge in [-0.05, 0) is 36.4 Å². The van der Waals surface area contributed by atoms with Crippen LogP contribution in [0.2, 0.25) is 0 Å². The lowest BCUT2D eigenvalue weighted by Crippen LogP contribution is -2.09. The highest BCUT2D eigenvalue weighted by Crippen LogP contribution is 2.27. The van der Waals surface area contributed by atoms with Crippen LogP contribution in [-0.2, 0) is 0 Å². The van der Waals surface area contributed by atoms with Gasteiger partial charge in [-0.2, -0.15) is 4.98 Å². The van der Waals surface area contributed by atoms with E-state index < -0.39 is 0 Å². The Balaban J connectivity index is 2.01. The second-order valence-electron chi connectivity index (χ2n) is 4.26. The fourth-order valence-corrected chi connectivity index (χ4v) is 1.85. The minimum atomic E-state index is -0.275. The average Bonchev–Trinajstić information content (AvgIpc) is 2.81. The molecule has 3 rings (SSSR count). The molecular weight excluding hydrogens is 245 g/mol. The summed E-state index contributed by atoms with van der Waals surface area (Å²) in [5, 5.41) is 0. The fraction of sp³-hybridized carbons (Fsp3) is 0.0714. The number of hydrogen-bond acceptors (Lipinski definition) is 4.